The van der Waals surface area contributed by atoms with Crippen molar-refractivity contribution < 1.29 is 9.53 Å². The Morgan fingerprint density at radius 2 is 1.76 bits per heavy atom. The van der Waals surface area contributed by atoms with E-state index in [0.29, 0.717) is 23.6 Å². The lowest BCUT2D eigenvalue weighted by molar-refractivity contribution is -0.0120. The van der Waals surface area contributed by atoms with E-state index in [0.717, 1.165) is 33.7 Å². The molecule has 4 aliphatic rings. The van der Waals surface area contributed by atoms with Gasteiger partial charge in [-0.05, 0) is 98.9 Å². The molecule has 154 valence electrons. The first-order valence-electron chi connectivity index (χ1n) is 10.7. The highest BCUT2D eigenvalue weighted by atomic mass is 35.5. The second-order valence-corrected chi connectivity index (χ2v) is 9.69. The van der Waals surface area contributed by atoms with E-state index in [9.17, 15) is 4.79 Å². The summed E-state index contributed by atoms with van der Waals surface area (Å²) in [6.45, 7) is 4.18. The van der Waals surface area contributed by atoms with Gasteiger partial charge >= 0.3 is 0 Å². The van der Waals surface area contributed by atoms with E-state index in [1.807, 2.05) is 26.0 Å². The number of benzene rings is 1. The summed E-state index contributed by atoms with van der Waals surface area (Å²) in [5, 5.41) is 8.50. The molecule has 2 aromatic rings. The minimum absolute atomic E-state index is 0.0561. The summed E-state index contributed by atoms with van der Waals surface area (Å²) in [7, 11) is 0. The summed E-state index contributed by atoms with van der Waals surface area (Å²) < 4.78 is 7.50. The molecule has 0 atom stereocenters. The molecule has 0 unspecified atom stereocenters. The molecule has 4 aliphatic carbocycles. The van der Waals surface area contributed by atoms with Gasteiger partial charge in [0.25, 0.3) is 5.91 Å². The van der Waals surface area contributed by atoms with Crippen LogP contribution in [0.5, 0.6) is 5.75 Å². The number of aryl methyl sites for hydroxylation is 2. The maximum atomic E-state index is 12.8. The molecular formula is C23H28ClN3O2. The van der Waals surface area contributed by atoms with Crippen LogP contribution in [0.3, 0.4) is 0 Å². The third kappa shape index (κ3) is 3.65. The van der Waals surface area contributed by atoms with Gasteiger partial charge in [-0.3, -0.25) is 4.79 Å². The Bertz CT molecular complexity index is 887. The van der Waals surface area contributed by atoms with Gasteiger partial charge in [-0.1, -0.05) is 11.6 Å². The van der Waals surface area contributed by atoms with Gasteiger partial charge in [0.05, 0.1) is 0 Å². The summed E-state index contributed by atoms with van der Waals surface area (Å²) in [4.78, 5) is 12.8. The van der Waals surface area contributed by atoms with Gasteiger partial charge in [0, 0.05) is 17.3 Å². The lowest BCUT2D eigenvalue weighted by atomic mass is 9.54. The number of halogens is 1. The smallest absolute Gasteiger partial charge is 0.272 e. The number of nitrogens with zero attached hydrogens (tertiary/aromatic N) is 2. The molecule has 1 heterocycles. The van der Waals surface area contributed by atoms with Crippen LogP contribution in [0.25, 0.3) is 0 Å². The highest BCUT2D eigenvalue weighted by molar-refractivity contribution is 6.32. The van der Waals surface area contributed by atoms with Gasteiger partial charge in [-0.25, -0.2) is 4.68 Å². The van der Waals surface area contributed by atoms with Crippen LogP contribution in [0.2, 0.25) is 5.02 Å². The molecule has 1 aromatic carbocycles. The lowest BCUT2D eigenvalue weighted by Gasteiger charge is -2.54. The quantitative estimate of drug-likeness (QED) is 0.769. The standard InChI is InChI=1S/C23H28ClN3O2/c1-13-5-19(6-14(2)21(13)24)29-12-27-4-3-20(26-27)23(28)25-22-17-8-15-7-16(10-17)11-18(22)9-15/h3-6,15-18,22H,7-12H2,1-2H3,(H,25,28). The molecule has 6 heteroatoms. The number of amides is 1. The molecule has 4 fully saturated rings. The first kappa shape index (κ1) is 19.0. The summed E-state index contributed by atoms with van der Waals surface area (Å²) in [5.41, 5.74) is 2.43. The zero-order valence-corrected chi connectivity index (χ0v) is 17.8. The summed E-state index contributed by atoms with van der Waals surface area (Å²) >= 11 is 6.21. The average molecular weight is 414 g/mol. The van der Waals surface area contributed by atoms with Crippen molar-refractivity contribution in [3.8, 4) is 5.75 Å². The maximum absolute atomic E-state index is 12.8. The van der Waals surface area contributed by atoms with E-state index in [1.54, 1.807) is 16.9 Å². The number of carbonyl (C=O) groups is 1. The number of carbonyl (C=O) groups excluding carboxylic acids is 1. The second-order valence-electron chi connectivity index (χ2n) is 9.31. The third-order valence-corrected chi connectivity index (χ3v) is 7.77. The van der Waals surface area contributed by atoms with Crippen molar-refractivity contribution in [3.63, 3.8) is 0 Å². The monoisotopic (exact) mass is 413 g/mol. The minimum Gasteiger partial charge on any atom is -0.471 e. The van der Waals surface area contributed by atoms with Crippen LogP contribution in [0.15, 0.2) is 24.4 Å². The number of hydrogen-bond acceptors (Lipinski definition) is 3. The molecule has 29 heavy (non-hydrogen) atoms. The van der Waals surface area contributed by atoms with Crippen molar-refractivity contribution in [1.29, 1.82) is 0 Å². The first-order valence-corrected chi connectivity index (χ1v) is 11.1. The Morgan fingerprint density at radius 3 is 2.38 bits per heavy atom. The zero-order chi connectivity index (χ0) is 20.1. The van der Waals surface area contributed by atoms with Gasteiger partial charge in [0.2, 0.25) is 0 Å². The molecule has 0 aliphatic heterocycles. The number of ether oxygens (including phenoxy) is 1. The molecule has 4 saturated carbocycles. The fourth-order valence-corrected chi connectivity index (χ4v) is 6.18. The van der Waals surface area contributed by atoms with Crippen LogP contribution in [-0.2, 0) is 6.73 Å². The lowest BCUT2D eigenvalue weighted by Crippen LogP contribution is -2.55. The van der Waals surface area contributed by atoms with E-state index >= 15 is 0 Å². The SMILES string of the molecule is Cc1cc(OCn2ccc(C(=O)NC3C4CC5CC(C4)CC3C5)n2)cc(C)c1Cl. The van der Waals surface area contributed by atoms with Crippen molar-refractivity contribution in [2.45, 2.75) is 58.7 Å². The van der Waals surface area contributed by atoms with Crippen LogP contribution < -0.4 is 10.1 Å². The van der Waals surface area contributed by atoms with E-state index in [-0.39, 0.29) is 12.6 Å². The molecule has 0 spiro atoms. The van der Waals surface area contributed by atoms with Crippen LogP contribution in [0, 0.1) is 37.5 Å². The van der Waals surface area contributed by atoms with Crippen molar-refractivity contribution in [2.75, 3.05) is 0 Å². The Labute approximate surface area is 176 Å². The predicted molar refractivity (Wildman–Crippen MR) is 112 cm³/mol. The largest absolute Gasteiger partial charge is 0.471 e. The molecule has 6 rings (SSSR count). The van der Waals surface area contributed by atoms with Crippen molar-refractivity contribution in [3.05, 3.63) is 46.2 Å². The molecule has 0 radical (unpaired) electrons. The Morgan fingerprint density at radius 1 is 1.14 bits per heavy atom. The maximum Gasteiger partial charge on any atom is 0.272 e. The topological polar surface area (TPSA) is 56.1 Å². The van der Waals surface area contributed by atoms with E-state index in [1.165, 1.54) is 32.1 Å². The molecule has 0 saturated heterocycles. The van der Waals surface area contributed by atoms with Gasteiger partial charge in [-0.2, -0.15) is 5.10 Å². The fourth-order valence-electron chi connectivity index (χ4n) is 6.07. The van der Waals surface area contributed by atoms with Crippen LogP contribution in [-0.4, -0.2) is 21.7 Å². The first-order chi connectivity index (χ1) is 14.0. The normalized spacial score (nSPS) is 29.8. The predicted octanol–water partition coefficient (Wildman–Crippen LogP) is 4.74. The van der Waals surface area contributed by atoms with E-state index in [2.05, 4.69) is 10.4 Å². The molecular weight excluding hydrogens is 386 g/mol. The molecule has 1 aromatic heterocycles. The Balaban J connectivity index is 1.20. The van der Waals surface area contributed by atoms with Crippen molar-refractivity contribution >= 4 is 17.5 Å². The second kappa shape index (κ2) is 7.35. The Hall–Kier alpha value is -2.01. The number of hydrogen-bond donors (Lipinski definition) is 1. The summed E-state index contributed by atoms with van der Waals surface area (Å²) in [6.07, 6.45) is 8.38. The molecule has 1 amide bonds. The number of aromatic nitrogens is 2. The summed E-state index contributed by atoms with van der Waals surface area (Å²) in [5.74, 6) is 3.83. The van der Waals surface area contributed by atoms with Gasteiger partial charge < -0.3 is 10.1 Å². The molecule has 5 nitrogen and oxygen atoms in total. The third-order valence-electron chi connectivity index (χ3n) is 7.17. The molecule has 4 bridgehead atoms. The zero-order valence-electron chi connectivity index (χ0n) is 17.0. The molecule has 1 N–H and O–H groups in total. The van der Waals surface area contributed by atoms with Crippen LogP contribution in [0.1, 0.15) is 53.7 Å². The highest BCUT2D eigenvalue weighted by Gasteiger charge is 2.48. The van der Waals surface area contributed by atoms with Crippen molar-refractivity contribution in [2.24, 2.45) is 23.7 Å². The van der Waals surface area contributed by atoms with Crippen LogP contribution in [0.4, 0.5) is 0 Å². The fraction of sp³-hybridized carbons (Fsp3) is 0.565. The Kier molecular flexibility index (Phi) is 4.81. The number of rotatable bonds is 5. The van der Waals surface area contributed by atoms with Crippen LogP contribution >= 0.6 is 11.6 Å². The number of nitrogens with one attached hydrogen (secondary N) is 1. The highest BCUT2D eigenvalue weighted by Crippen LogP contribution is 2.53. The summed E-state index contributed by atoms with van der Waals surface area (Å²) in [6, 6.07) is 5.93. The van der Waals surface area contributed by atoms with Gasteiger partial charge in [-0.15, -0.1) is 0 Å². The van der Waals surface area contributed by atoms with Gasteiger partial charge in [0.1, 0.15) is 11.4 Å². The van der Waals surface area contributed by atoms with Gasteiger partial charge in [0.15, 0.2) is 6.73 Å². The van der Waals surface area contributed by atoms with E-state index < -0.39 is 0 Å². The average Bonchev–Trinajstić information content (AvgIpc) is 3.15. The van der Waals surface area contributed by atoms with E-state index in [4.69, 9.17) is 16.3 Å². The minimum atomic E-state index is -0.0561. The van der Waals surface area contributed by atoms with Crippen molar-refractivity contribution in [1.82, 2.24) is 15.1 Å².